The highest BCUT2D eigenvalue weighted by atomic mass is 79.9. The largest absolute Gasteiger partial charge is 0.492 e. The molecule has 3 rings (SSSR count). The minimum absolute atomic E-state index is 0.0198. The monoisotopic (exact) mass is 466 g/mol. The summed E-state index contributed by atoms with van der Waals surface area (Å²) >= 11 is 9.21. The fourth-order valence-corrected chi connectivity index (χ4v) is 3.47. The first-order valence-electron chi connectivity index (χ1n) is 8.43. The normalized spacial score (nSPS) is 14.0. The van der Waals surface area contributed by atoms with E-state index in [0.717, 1.165) is 9.80 Å². The molecule has 1 heterocycles. The molecule has 0 radical (unpaired) electrons. The molecule has 1 saturated heterocycles. The fourth-order valence-electron chi connectivity index (χ4n) is 2.67. The van der Waals surface area contributed by atoms with Crippen LogP contribution in [0.15, 0.2) is 46.9 Å². The van der Waals surface area contributed by atoms with Crippen molar-refractivity contribution in [3.63, 3.8) is 0 Å². The number of hydrogen-bond donors (Lipinski definition) is 0. The highest BCUT2D eigenvalue weighted by Crippen LogP contribution is 2.32. The van der Waals surface area contributed by atoms with Crippen LogP contribution in [0.1, 0.15) is 6.92 Å². The summed E-state index contributed by atoms with van der Waals surface area (Å²) in [4.78, 5) is 39.1. The Morgan fingerprint density at radius 3 is 2.46 bits per heavy atom. The molecule has 1 fully saturated rings. The molecule has 9 heteroatoms. The Bertz CT molecular complexity index is 936. The molecular weight excluding hydrogens is 452 g/mol. The van der Waals surface area contributed by atoms with Gasteiger partial charge in [0.15, 0.2) is 0 Å². The van der Waals surface area contributed by atoms with Crippen LogP contribution < -0.4 is 14.4 Å². The van der Waals surface area contributed by atoms with Crippen molar-refractivity contribution < 1.29 is 23.9 Å². The van der Waals surface area contributed by atoms with E-state index in [1.54, 1.807) is 49.4 Å². The lowest BCUT2D eigenvalue weighted by Gasteiger charge is -2.18. The van der Waals surface area contributed by atoms with E-state index in [4.69, 9.17) is 21.1 Å². The molecule has 0 spiro atoms. The van der Waals surface area contributed by atoms with Crippen LogP contribution in [0.25, 0.3) is 0 Å². The molecule has 1 aliphatic rings. The zero-order valence-corrected chi connectivity index (χ0v) is 17.2. The summed E-state index contributed by atoms with van der Waals surface area (Å²) < 4.78 is 11.7. The zero-order chi connectivity index (χ0) is 20.3. The van der Waals surface area contributed by atoms with Gasteiger partial charge in [-0.25, -0.2) is 9.69 Å². The molecular formula is C19H16BrClN2O5. The highest BCUT2D eigenvalue weighted by Gasteiger charge is 2.46. The minimum Gasteiger partial charge on any atom is -0.492 e. The maximum absolute atomic E-state index is 12.7. The first-order chi connectivity index (χ1) is 13.4. The number of anilines is 1. The zero-order valence-electron chi connectivity index (χ0n) is 14.9. The average Bonchev–Trinajstić information content (AvgIpc) is 2.87. The number of rotatable bonds is 7. The quantitative estimate of drug-likeness (QED) is 0.456. The maximum Gasteiger partial charge on any atom is 0.339 e. The van der Waals surface area contributed by atoms with E-state index in [1.165, 1.54) is 0 Å². The summed E-state index contributed by atoms with van der Waals surface area (Å²) in [7, 11) is 0. The molecule has 28 heavy (non-hydrogen) atoms. The Labute approximate surface area is 174 Å². The topological polar surface area (TPSA) is 76.2 Å². The second-order valence-electron chi connectivity index (χ2n) is 5.70. The number of halogens is 2. The smallest absolute Gasteiger partial charge is 0.339 e. The summed E-state index contributed by atoms with van der Waals surface area (Å²) in [5, 5.41) is 0.540. The molecule has 0 unspecified atom stereocenters. The van der Waals surface area contributed by atoms with E-state index < -0.39 is 17.8 Å². The van der Waals surface area contributed by atoms with Crippen molar-refractivity contribution >= 4 is 51.1 Å². The van der Waals surface area contributed by atoms with Gasteiger partial charge in [0.2, 0.25) is 0 Å². The number of urea groups is 1. The Morgan fingerprint density at radius 1 is 1.00 bits per heavy atom. The summed E-state index contributed by atoms with van der Waals surface area (Å²) in [6, 6.07) is 10.8. The van der Waals surface area contributed by atoms with E-state index >= 15 is 0 Å². The molecule has 0 aliphatic carbocycles. The van der Waals surface area contributed by atoms with E-state index in [-0.39, 0.29) is 18.8 Å². The highest BCUT2D eigenvalue weighted by molar-refractivity contribution is 9.10. The summed E-state index contributed by atoms with van der Waals surface area (Å²) in [5.74, 6) is -0.976. The summed E-state index contributed by atoms with van der Waals surface area (Å²) in [5.41, 5.74) is 0.233. The average molecular weight is 468 g/mol. The second kappa shape index (κ2) is 8.62. The Balaban J connectivity index is 1.73. The summed E-state index contributed by atoms with van der Waals surface area (Å²) in [6.07, 6.45) is 0. The molecule has 2 aromatic carbocycles. The molecule has 1 aliphatic heterocycles. The van der Waals surface area contributed by atoms with E-state index in [9.17, 15) is 14.4 Å². The van der Waals surface area contributed by atoms with Gasteiger partial charge in [-0.3, -0.25) is 14.5 Å². The van der Waals surface area contributed by atoms with Crippen molar-refractivity contribution in [1.82, 2.24) is 4.90 Å². The van der Waals surface area contributed by atoms with E-state index in [1.807, 2.05) is 0 Å². The van der Waals surface area contributed by atoms with Crippen LogP contribution in [0.2, 0.25) is 5.02 Å². The minimum atomic E-state index is -0.926. The number of nitrogens with zero attached hydrogens (tertiary/aromatic N) is 2. The lowest BCUT2D eigenvalue weighted by atomic mass is 10.2. The SMILES string of the molecule is CCOc1ccccc1N1C(=O)C(=O)N(CCOc2ccc(Cl)cc2Br)C1=O. The van der Waals surface area contributed by atoms with Crippen molar-refractivity contribution in [3.8, 4) is 11.5 Å². The third-order valence-corrected chi connectivity index (χ3v) is 4.78. The Hall–Kier alpha value is -2.58. The van der Waals surface area contributed by atoms with Gasteiger partial charge in [-0.2, -0.15) is 0 Å². The Kier molecular flexibility index (Phi) is 6.21. The summed E-state index contributed by atoms with van der Waals surface area (Å²) in [6.45, 7) is 2.08. The third-order valence-electron chi connectivity index (χ3n) is 3.93. The molecule has 0 N–H and O–H groups in total. The van der Waals surface area contributed by atoms with E-state index in [0.29, 0.717) is 27.6 Å². The Morgan fingerprint density at radius 2 is 1.75 bits per heavy atom. The van der Waals surface area contributed by atoms with Crippen LogP contribution in [0.5, 0.6) is 11.5 Å². The van der Waals surface area contributed by atoms with Gasteiger partial charge in [-0.15, -0.1) is 0 Å². The van der Waals surface area contributed by atoms with Gasteiger partial charge in [-0.05, 0) is 53.2 Å². The molecule has 0 bridgehead atoms. The van der Waals surface area contributed by atoms with Crippen LogP contribution in [-0.4, -0.2) is 42.5 Å². The number of imide groups is 2. The lowest BCUT2D eigenvalue weighted by molar-refractivity contribution is -0.139. The number of hydrogen-bond acceptors (Lipinski definition) is 5. The first-order valence-corrected chi connectivity index (χ1v) is 9.60. The predicted molar refractivity (Wildman–Crippen MR) is 107 cm³/mol. The van der Waals surface area contributed by atoms with E-state index in [2.05, 4.69) is 15.9 Å². The van der Waals surface area contributed by atoms with Gasteiger partial charge in [0.25, 0.3) is 0 Å². The fraction of sp³-hybridized carbons (Fsp3) is 0.211. The van der Waals surface area contributed by atoms with Crippen LogP contribution in [0, 0.1) is 0 Å². The standard InChI is InChI=1S/C19H16BrClN2O5/c1-2-27-16-6-4-3-5-14(16)23-18(25)17(24)22(19(23)26)9-10-28-15-8-7-12(21)11-13(15)20/h3-8,11H,2,9-10H2,1H3. The van der Waals surface area contributed by atoms with Gasteiger partial charge in [0.1, 0.15) is 18.1 Å². The van der Waals surface area contributed by atoms with Crippen LogP contribution in [0.4, 0.5) is 10.5 Å². The van der Waals surface area contributed by atoms with Gasteiger partial charge < -0.3 is 9.47 Å². The van der Waals surface area contributed by atoms with Crippen molar-refractivity contribution in [3.05, 3.63) is 52.0 Å². The number of ether oxygens (including phenoxy) is 2. The molecule has 7 nitrogen and oxygen atoms in total. The van der Waals surface area contributed by atoms with Crippen molar-refractivity contribution in [2.75, 3.05) is 24.7 Å². The van der Waals surface area contributed by atoms with Crippen LogP contribution >= 0.6 is 27.5 Å². The van der Waals surface area contributed by atoms with Crippen molar-refractivity contribution in [2.24, 2.45) is 0 Å². The van der Waals surface area contributed by atoms with Gasteiger partial charge in [0, 0.05) is 5.02 Å². The molecule has 0 atom stereocenters. The molecule has 0 saturated carbocycles. The van der Waals surface area contributed by atoms with Gasteiger partial charge >= 0.3 is 17.8 Å². The number of carbonyl (C=O) groups is 3. The van der Waals surface area contributed by atoms with Crippen molar-refractivity contribution in [2.45, 2.75) is 6.92 Å². The number of para-hydroxylation sites is 2. The number of amides is 4. The lowest BCUT2D eigenvalue weighted by Crippen LogP contribution is -2.36. The first kappa shape index (κ1) is 20.2. The third kappa shape index (κ3) is 3.98. The van der Waals surface area contributed by atoms with Crippen LogP contribution in [-0.2, 0) is 9.59 Å². The number of benzene rings is 2. The maximum atomic E-state index is 12.7. The molecule has 146 valence electrons. The predicted octanol–water partition coefficient (Wildman–Crippen LogP) is 3.88. The van der Waals surface area contributed by atoms with Crippen LogP contribution in [0.3, 0.4) is 0 Å². The number of carbonyl (C=O) groups excluding carboxylic acids is 3. The second-order valence-corrected chi connectivity index (χ2v) is 6.99. The van der Waals surface area contributed by atoms with Crippen molar-refractivity contribution in [1.29, 1.82) is 0 Å². The molecule has 2 aromatic rings. The van der Waals surface area contributed by atoms with Gasteiger partial charge in [-0.1, -0.05) is 23.7 Å². The van der Waals surface area contributed by atoms with Gasteiger partial charge in [0.05, 0.1) is 23.3 Å². The molecule has 4 amide bonds. The molecule has 0 aromatic heterocycles.